The topological polar surface area (TPSA) is 64.1 Å². The fourth-order valence-corrected chi connectivity index (χ4v) is 2.54. The minimum absolute atomic E-state index is 0.0289. The van der Waals surface area contributed by atoms with E-state index in [4.69, 9.17) is 4.74 Å². The van der Waals surface area contributed by atoms with Crippen LogP contribution in [0.2, 0.25) is 0 Å². The van der Waals surface area contributed by atoms with E-state index in [0.29, 0.717) is 11.4 Å². The number of nitrogens with one attached hydrogen (secondary N) is 1. The SMILES string of the molecule is CCc1ccc(OCC(=O)Nc2ccc3nsnc3c2)cc1. The van der Waals surface area contributed by atoms with E-state index >= 15 is 0 Å². The van der Waals surface area contributed by atoms with Crippen LogP contribution in [0.3, 0.4) is 0 Å². The number of carbonyl (C=O) groups is 1. The summed E-state index contributed by atoms with van der Waals surface area (Å²) in [5, 5.41) is 2.79. The van der Waals surface area contributed by atoms with Crippen LogP contribution in [0.15, 0.2) is 42.5 Å². The lowest BCUT2D eigenvalue weighted by atomic mass is 10.2. The summed E-state index contributed by atoms with van der Waals surface area (Å²) in [4.78, 5) is 11.9. The number of anilines is 1. The van der Waals surface area contributed by atoms with Gasteiger partial charge in [0.15, 0.2) is 6.61 Å². The molecule has 0 aliphatic heterocycles. The van der Waals surface area contributed by atoms with E-state index in [0.717, 1.165) is 29.2 Å². The molecule has 3 aromatic rings. The van der Waals surface area contributed by atoms with E-state index in [-0.39, 0.29) is 12.5 Å². The number of ether oxygens (including phenoxy) is 1. The Morgan fingerprint density at radius 1 is 1.14 bits per heavy atom. The Hall–Kier alpha value is -2.47. The second kappa shape index (κ2) is 6.53. The van der Waals surface area contributed by atoms with Gasteiger partial charge in [0.1, 0.15) is 16.8 Å². The number of hydrogen-bond acceptors (Lipinski definition) is 5. The summed E-state index contributed by atoms with van der Waals surface area (Å²) in [6, 6.07) is 13.2. The normalized spacial score (nSPS) is 10.6. The van der Waals surface area contributed by atoms with Gasteiger partial charge in [0, 0.05) is 5.69 Å². The highest BCUT2D eigenvalue weighted by atomic mass is 32.1. The monoisotopic (exact) mass is 313 g/mol. The summed E-state index contributed by atoms with van der Waals surface area (Å²) in [6.07, 6.45) is 0.981. The molecule has 0 spiro atoms. The standard InChI is InChI=1S/C16H15N3O2S/c1-2-11-3-6-13(7-4-11)21-10-16(20)17-12-5-8-14-15(9-12)19-22-18-14/h3-9H,2,10H2,1H3,(H,17,20). The first-order valence-corrected chi connectivity index (χ1v) is 7.71. The van der Waals surface area contributed by atoms with Crippen molar-refractivity contribution in [2.75, 3.05) is 11.9 Å². The lowest BCUT2D eigenvalue weighted by molar-refractivity contribution is -0.118. The van der Waals surface area contributed by atoms with Crippen molar-refractivity contribution in [3.05, 3.63) is 48.0 Å². The molecule has 22 heavy (non-hydrogen) atoms. The lowest BCUT2D eigenvalue weighted by Crippen LogP contribution is -2.20. The first-order valence-electron chi connectivity index (χ1n) is 6.98. The van der Waals surface area contributed by atoms with E-state index in [2.05, 4.69) is 21.0 Å². The Morgan fingerprint density at radius 2 is 1.91 bits per heavy atom. The Morgan fingerprint density at radius 3 is 2.68 bits per heavy atom. The number of nitrogens with zero attached hydrogens (tertiary/aromatic N) is 2. The third-order valence-electron chi connectivity index (χ3n) is 3.24. The number of rotatable bonds is 5. The smallest absolute Gasteiger partial charge is 0.262 e. The summed E-state index contributed by atoms with van der Waals surface area (Å²) >= 11 is 1.15. The number of carbonyl (C=O) groups excluding carboxylic acids is 1. The maximum absolute atomic E-state index is 11.9. The van der Waals surface area contributed by atoms with Gasteiger partial charge in [0.05, 0.1) is 11.7 Å². The number of benzene rings is 2. The van der Waals surface area contributed by atoms with E-state index in [9.17, 15) is 4.79 Å². The van der Waals surface area contributed by atoms with Gasteiger partial charge in [-0.2, -0.15) is 8.75 Å². The predicted octanol–water partition coefficient (Wildman–Crippen LogP) is 3.27. The Bertz CT molecular complexity index is 783. The minimum atomic E-state index is -0.206. The zero-order valence-electron chi connectivity index (χ0n) is 12.1. The number of amides is 1. The van der Waals surface area contributed by atoms with Crippen LogP contribution in [0.5, 0.6) is 5.75 Å². The molecule has 0 aliphatic rings. The van der Waals surface area contributed by atoms with Gasteiger partial charge in [0.2, 0.25) is 0 Å². The highest BCUT2D eigenvalue weighted by Crippen LogP contribution is 2.17. The zero-order valence-corrected chi connectivity index (χ0v) is 12.9. The average molecular weight is 313 g/mol. The highest BCUT2D eigenvalue weighted by molar-refractivity contribution is 7.00. The molecule has 0 atom stereocenters. The summed E-state index contributed by atoms with van der Waals surface area (Å²) in [7, 11) is 0. The maximum atomic E-state index is 11.9. The second-order valence-electron chi connectivity index (χ2n) is 4.80. The molecule has 1 heterocycles. The molecule has 0 aliphatic carbocycles. The van der Waals surface area contributed by atoms with Crippen LogP contribution in [0.1, 0.15) is 12.5 Å². The quantitative estimate of drug-likeness (QED) is 0.785. The Balaban J connectivity index is 1.57. The molecule has 0 bridgehead atoms. The van der Waals surface area contributed by atoms with Crippen molar-refractivity contribution in [2.24, 2.45) is 0 Å². The second-order valence-corrected chi connectivity index (χ2v) is 5.33. The molecule has 0 saturated carbocycles. The first kappa shape index (κ1) is 14.5. The van der Waals surface area contributed by atoms with Gasteiger partial charge in [-0.1, -0.05) is 19.1 Å². The minimum Gasteiger partial charge on any atom is -0.484 e. The van der Waals surface area contributed by atoms with Gasteiger partial charge in [-0.3, -0.25) is 4.79 Å². The van der Waals surface area contributed by atoms with Crippen molar-refractivity contribution in [3.63, 3.8) is 0 Å². The molecular formula is C16H15N3O2S. The summed E-state index contributed by atoms with van der Waals surface area (Å²) in [5.74, 6) is 0.480. The van der Waals surface area contributed by atoms with Gasteiger partial charge in [-0.25, -0.2) is 0 Å². The summed E-state index contributed by atoms with van der Waals surface area (Å²) in [5.41, 5.74) is 3.53. The van der Waals surface area contributed by atoms with Crippen LogP contribution in [-0.4, -0.2) is 21.3 Å². The van der Waals surface area contributed by atoms with Crippen molar-refractivity contribution in [3.8, 4) is 5.75 Å². The largest absolute Gasteiger partial charge is 0.484 e. The number of hydrogen-bond donors (Lipinski definition) is 1. The maximum Gasteiger partial charge on any atom is 0.262 e. The van der Waals surface area contributed by atoms with E-state index in [1.165, 1.54) is 5.56 Å². The van der Waals surface area contributed by atoms with Crippen molar-refractivity contribution in [2.45, 2.75) is 13.3 Å². The fourth-order valence-electron chi connectivity index (χ4n) is 2.03. The molecule has 6 heteroatoms. The van der Waals surface area contributed by atoms with E-state index in [1.54, 1.807) is 12.1 Å². The van der Waals surface area contributed by atoms with Crippen molar-refractivity contribution in [1.29, 1.82) is 0 Å². The molecule has 0 unspecified atom stereocenters. The molecule has 3 rings (SSSR count). The fraction of sp³-hybridized carbons (Fsp3) is 0.188. The van der Waals surface area contributed by atoms with E-state index < -0.39 is 0 Å². The molecule has 1 aromatic heterocycles. The van der Waals surface area contributed by atoms with Crippen molar-refractivity contribution >= 4 is 34.4 Å². The highest BCUT2D eigenvalue weighted by Gasteiger charge is 2.06. The van der Waals surface area contributed by atoms with Gasteiger partial charge in [-0.15, -0.1) is 0 Å². The third kappa shape index (κ3) is 3.40. The zero-order chi connectivity index (χ0) is 15.4. The van der Waals surface area contributed by atoms with Crippen molar-refractivity contribution in [1.82, 2.24) is 8.75 Å². The van der Waals surface area contributed by atoms with Gasteiger partial charge in [0.25, 0.3) is 5.91 Å². The number of aromatic nitrogens is 2. The summed E-state index contributed by atoms with van der Waals surface area (Å²) in [6.45, 7) is 2.07. The summed E-state index contributed by atoms with van der Waals surface area (Å²) < 4.78 is 13.7. The van der Waals surface area contributed by atoms with Crippen LogP contribution >= 0.6 is 11.7 Å². The molecule has 112 valence electrons. The first-order chi connectivity index (χ1) is 10.7. The third-order valence-corrected chi connectivity index (χ3v) is 3.80. The molecule has 1 amide bonds. The number of fused-ring (bicyclic) bond motifs is 1. The van der Waals surface area contributed by atoms with Gasteiger partial charge < -0.3 is 10.1 Å². The molecule has 0 saturated heterocycles. The molecule has 0 fully saturated rings. The molecule has 5 nitrogen and oxygen atoms in total. The van der Waals surface area contributed by atoms with Gasteiger partial charge >= 0.3 is 0 Å². The van der Waals surface area contributed by atoms with E-state index in [1.807, 2.05) is 30.3 Å². The van der Waals surface area contributed by atoms with Crippen molar-refractivity contribution < 1.29 is 9.53 Å². The van der Waals surface area contributed by atoms with Crippen LogP contribution in [0.4, 0.5) is 5.69 Å². The molecule has 1 N–H and O–H groups in total. The molecule has 0 radical (unpaired) electrons. The number of aryl methyl sites for hydroxylation is 1. The molecule has 2 aromatic carbocycles. The average Bonchev–Trinajstić information content (AvgIpc) is 3.01. The Kier molecular flexibility index (Phi) is 4.29. The van der Waals surface area contributed by atoms with Gasteiger partial charge in [-0.05, 0) is 42.3 Å². The Labute approximate surface area is 132 Å². The van der Waals surface area contributed by atoms with Crippen LogP contribution in [0, 0.1) is 0 Å². The van der Waals surface area contributed by atoms with Crippen LogP contribution < -0.4 is 10.1 Å². The molecular weight excluding hydrogens is 298 g/mol. The van der Waals surface area contributed by atoms with Crippen LogP contribution in [0.25, 0.3) is 11.0 Å². The predicted molar refractivity (Wildman–Crippen MR) is 87.4 cm³/mol. The lowest BCUT2D eigenvalue weighted by Gasteiger charge is -2.08. The van der Waals surface area contributed by atoms with Crippen LogP contribution in [-0.2, 0) is 11.2 Å².